The van der Waals surface area contributed by atoms with Gasteiger partial charge in [-0.05, 0) is 30.9 Å². The van der Waals surface area contributed by atoms with Crippen molar-refractivity contribution < 1.29 is 12.8 Å². The van der Waals surface area contributed by atoms with E-state index in [4.69, 9.17) is 11.1 Å². The van der Waals surface area contributed by atoms with E-state index >= 15 is 0 Å². The van der Waals surface area contributed by atoms with Crippen molar-refractivity contribution in [2.75, 3.05) is 17.8 Å². The summed E-state index contributed by atoms with van der Waals surface area (Å²) in [7, 11) is -3.77. The summed E-state index contributed by atoms with van der Waals surface area (Å²) in [6.07, 6.45) is 1.59. The molecular weight excluding hydrogens is 295 g/mol. The molecule has 4 N–H and O–H groups in total. The third-order valence-electron chi connectivity index (χ3n) is 3.60. The highest BCUT2D eigenvalue weighted by molar-refractivity contribution is 7.90. The van der Waals surface area contributed by atoms with Gasteiger partial charge in [0.2, 0.25) is 0 Å². The topological polar surface area (TPSA) is 99.3 Å². The molecule has 0 radical (unpaired) electrons. The van der Waals surface area contributed by atoms with Crippen molar-refractivity contribution in [3.05, 3.63) is 29.6 Å². The summed E-state index contributed by atoms with van der Waals surface area (Å²) in [6.45, 7) is 2.94. The molecule has 0 bridgehead atoms. The molecule has 0 atom stereocenters. The zero-order valence-corrected chi connectivity index (χ0v) is 12.6. The van der Waals surface area contributed by atoms with Crippen LogP contribution in [0.15, 0.2) is 18.2 Å². The summed E-state index contributed by atoms with van der Waals surface area (Å²) < 4.78 is 42.0. The third kappa shape index (κ3) is 3.51. The second kappa shape index (κ2) is 5.98. The van der Waals surface area contributed by atoms with Crippen molar-refractivity contribution in [3.63, 3.8) is 0 Å². The number of nitrogens with zero attached hydrogens (tertiary/aromatic N) is 1. The van der Waals surface area contributed by atoms with Crippen LogP contribution in [-0.4, -0.2) is 31.6 Å². The molecule has 2 rings (SSSR count). The van der Waals surface area contributed by atoms with E-state index in [2.05, 4.69) is 11.6 Å². The van der Waals surface area contributed by atoms with Gasteiger partial charge in [-0.15, -0.1) is 0 Å². The number of benzene rings is 1. The van der Waals surface area contributed by atoms with E-state index in [1.807, 2.05) is 0 Å². The Balaban J connectivity index is 2.25. The molecule has 1 aliphatic heterocycles. The SMILES string of the molecule is CC1CCN(S(=O)(=O)Nc2cccc(F)c2C(=N)N)CC1. The first-order chi connectivity index (χ1) is 9.81. The molecule has 116 valence electrons. The second-order valence-electron chi connectivity index (χ2n) is 5.26. The van der Waals surface area contributed by atoms with Crippen LogP contribution >= 0.6 is 0 Å². The minimum atomic E-state index is -3.77. The van der Waals surface area contributed by atoms with Gasteiger partial charge < -0.3 is 5.73 Å². The summed E-state index contributed by atoms with van der Waals surface area (Å²) in [5.41, 5.74) is 5.08. The fraction of sp³-hybridized carbons (Fsp3) is 0.462. The molecule has 1 aromatic rings. The predicted molar refractivity (Wildman–Crippen MR) is 79.9 cm³/mol. The minimum Gasteiger partial charge on any atom is -0.384 e. The number of nitrogens with two attached hydrogens (primary N) is 1. The van der Waals surface area contributed by atoms with Crippen LogP contribution in [0, 0.1) is 17.1 Å². The highest BCUT2D eigenvalue weighted by atomic mass is 32.2. The third-order valence-corrected chi connectivity index (χ3v) is 5.13. The van der Waals surface area contributed by atoms with E-state index in [1.165, 1.54) is 16.4 Å². The van der Waals surface area contributed by atoms with E-state index in [-0.39, 0.29) is 11.3 Å². The Morgan fingerprint density at radius 2 is 2.05 bits per heavy atom. The predicted octanol–water partition coefficient (Wildman–Crippen LogP) is 1.50. The maximum atomic E-state index is 13.7. The van der Waals surface area contributed by atoms with Crippen LogP contribution in [0.5, 0.6) is 0 Å². The van der Waals surface area contributed by atoms with Crippen LogP contribution in [0.25, 0.3) is 0 Å². The molecule has 0 spiro atoms. The van der Waals surface area contributed by atoms with E-state index in [0.717, 1.165) is 18.9 Å². The highest BCUT2D eigenvalue weighted by Gasteiger charge is 2.27. The van der Waals surface area contributed by atoms with Gasteiger partial charge in [-0.3, -0.25) is 10.1 Å². The van der Waals surface area contributed by atoms with Gasteiger partial charge >= 0.3 is 10.2 Å². The molecule has 1 aromatic carbocycles. The lowest BCUT2D eigenvalue weighted by Gasteiger charge is -2.29. The molecule has 1 aliphatic rings. The molecular formula is C13H19FN4O2S. The smallest absolute Gasteiger partial charge is 0.301 e. The average molecular weight is 314 g/mol. The van der Waals surface area contributed by atoms with Gasteiger partial charge in [0, 0.05) is 13.1 Å². The van der Waals surface area contributed by atoms with Crippen LogP contribution in [-0.2, 0) is 10.2 Å². The van der Waals surface area contributed by atoms with Crippen LogP contribution in [0.3, 0.4) is 0 Å². The standard InChI is InChI=1S/C13H19FN4O2S/c1-9-5-7-18(8-6-9)21(19,20)17-11-4-2-3-10(14)12(11)13(15)16/h2-4,9,17H,5-8H2,1H3,(H3,15,16). The molecule has 21 heavy (non-hydrogen) atoms. The van der Waals surface area contributed by atoms with E-state index < -0.39 is 21.9 Å². The number of piperidine rings is 1. The molecule has 0 aromatic heterocycles. The van der Waals surface area contributed by atoms with Crippen molar-refractivity contribution in [2.24, 2.45) is 11.7 Å². The van der Waals surface area contributed by atoms with Crippen LogP contribution in [0.2, 0.25) is 0 Å². The van der Waals surface area contributed by atoms with Crippen LogP contribution < -0.4 is 10.5 Å². The maximum absolute atomic E-state index is 13.7. The first kappa shape index (κ1) is 15.7. The number of anilines is 1. The fourth-order valence-corrected chi connectivity index (χ4v) is 3.58. The van der Waals surface area contributed by atoms with Gasteiger partial charge in [0.15, 0.2) is 0 Å². The number of nitrogen functional groups attached to an aromatic ring is 1. The van der Waals surface area contributed by atoms with Gasteiger partial charge in [0.25, 0.3) is 0 Å². The van der Waals surface area contributed by atoms with Crippen LogP contribution in [0.1, 0.15) is 25.3 Å². The Bertz CT molecular complexity index is 640. The molecule has 1 fully saturated rings. The second-order valence-corrected chi connectivity index (χ2v) is 6.94. The summed E-state index contributed by atoms with van der Waals surface area (Å²) in [5.74, 6) is -0.744. The van der Waals surface area contributed by atoms with Crippen molar-refractivity contribution in [1.82, 2.24) is 4.31 Å². The number of amidine groups is 1. The fourth-order valence-electron chi connectivity index (χ4n) is 2.31. The Morgan fingerprint density at radius 3 is 2.62 bits per heavy atom. The van der Waals surface area contributed by atoms with E-state index in [1.54, 1.807) is 0 Å². The van der Waals surface area contributed by atoms with Crippen molar-refractivity contribution in [2.45, 2.75) is 19.8 Å². The van der Waals surface area contributed by atoms with Crippen molar-refractivity contribution in [1.29, 1.82) is 5.41 Å². The average Bonchev–Trinajstić information content (AvgIpc) is 2.38. The molecule has 0 aliphatic carbocycles. The number of hydrogen-bond donors (Lipinski definition) is 3. The summed E-state index contributed by atoms with van der Waals surface area (Å²) in [5, 5.41) is 7.39. The first-order valence-electron chi connectivity index (χ1n) is 6.72. The van der Waals surface area contributed by atoms with Crippen LogP contribution in [0.4, 0.5) is 10.1 Å². The van der Waals surface area contributed by atoms with Crippen molar-refractivity contribution >= 4 is 21.7 Å². The zero-order chi connectivity index (χ0) is 15.6. The number of hydrogen-bond acceptors (Lipinski definition) is 3. The molecule has 1 heterocycles. The van der Waals surface area contributed by atoms with Gasteiger partial charge in [0.05, 0.1) is 11.3 Å². The maximum Gasteiger partial charge on any atom is 0.301 e. The minimum absolute atomic E-state index is 0.0129. The highest BCUT2D eigenvalue weighted by Crippen LogP contribution is 2.23. The van der Waals surface area contributed by atoms with Gasteiger partial charge in [-0.25, -0.2) is 4.39 Å². The summed E-state index contributed by atoms with van der Waals surface area (Å²) >= 11 is 0. The lowest BCUT2D eigenvalue weighted by molar-refractivity contribution is 0.289. The number of halogens is 1. The lowest BCUT2D eigenvalue weighted by Crippen LogP contribution is -2.41. The Labute approximate surface area is 123 Å². The Kier molecular flexibility index (Phi) is 4.48. The molecule has 0 amide bonds. The molecule has 6 nitrogen and oxygen atoms in total. The van der Waals surface area contributed by atoms with E-state index in [9.17, 15) is 12.8 Å². The zero-order valence-electron chi connectivity index (χ0n) is 11.8. The van der Waals surface area contributed by atoms with E-state index in [0.29, 0.717) is 19.0 Å². The molecule has 0 unspecified atom stereocenters. The van der Waals surface area contributed by atoms with Gasteiger partial charge in [-0.2, -0.15) is 12.7 Å². The quantitative estimate of drug-likeness (QED) is 0.580. The Morgan fingerprint density at radius 1 is 1.43 bits per heavy atom. The summed E-state index contributed by atoms with van der Waals surface area (Å²) in [4.78, 5) is 0. The van der Waals surface area contributed by atoms with Crippen molar-refractivity contribution in [3.8, 4) is 0 Å². The van der Waals surface area contributed by atoms with Gasteiger partial charge in [0.1, 0.15) is 11.7 Å². The first-order valence-corrected chi connectivity index (χ1v) is 8.16. The largest absolute Gasteiger partial charge is 0.384 e. The molecule has 1 saturated heterocycles. The monoisotopic (exact) mass is 314 g/mol. The normalized spacial score (nSPS) is 17.6. The summed E-state index contributed by atoms with van der Waals surface area (Å²) in [6, 6.07) is 3.90. The number of nitrogens with one attached hydrogen (secondary N) is 2. The lowest BCUT2D eigenvalue weighted by atomic mass is 10.0. The Hall–Kier alpha value is -1.67. The number of rotatable bonds is 4. The molecule has 0 saturated carbocycles. The van der Waals surface area contributed by atoms with Gasteiger partial charge in [-0.1, -0.05) is 13.0 Å². The molecule has 8 heteroatoms.